The van der Waals surface area contributed by atoms with Crippen molar-refractivity contribution in [2.45, 2.75) is 89.9 Å². The standard InChI is InChI=1S/C29H41ClO/c1-3-4-5-6-7-8-9-10-11-15-26(27-19-21-28(30)22-20-27)16-13-12-14-25-17-23-29(31-2)24-18-25/h13,16-24,26H,3-12,14-15H2,1-2H3. The van der Waals surface area contributed by atoms with Crippen molar-refractivity contribution in [1.82, 2.24) is 0 Å². The number of hydrogen-bond donors (Lipinski definition) is 0. The average molecular weight is 441 g/mol. The lowest BCUT2D eigenvalue weighted by atomic mass is 9.92. The monoisotopic (exact) mass is 440 g/mol. The molecule has 0 radical (unpaired) electrons. The third-order valence-electron chi connectivity index (χ3n) is 6.04. The van der Waals surface area contributed by atoms with E-state index in [1.807, 2.05) is 24.3 Å². The summed E-state index contributed by atoms with van der Waals surface area (Å²) in [5.41, 5.74) is 2.73. The molecule has 1 atom stereocenters. The Bertz CT molecular complexity index is 717. The molecule has 31 heavy (non-hydrogen) atoms. The van der Waals surface area contributed by atoms with Gasteiger partial charge in [0, 0.05) is 10.9 Å². The van der Waals surface area contributed by atoms with E-state index in [4.69, 9.17) is 16.3 Å². The Hall–Kier alpha value is -1.73. The highest BCUT2D eigenvalue weighted by Crippen LogP contribution is 2.26. The second-order valence-corrected chi connectivity index (χ2v) is 9.03. The van der Waals surface area contributed by atoms with Crippen LogP contribution in [0.2, 0.25) is 5.02 Å². The second-order valence-electron chi connectivity index (χ2n) is 8.59. The molecule has 0 aliphatic carbocycles. The molecule has 2 aromatic carbocycles. The van der Waals surface area contributed by atoms with Crippen LogP contribution in [-0.2, 0) is 6.42 Å². The molecule has 0 amide bonds. The van der Waals surface area contributed by atoms with Crippen molar-refractivity contribution >= 4 is 11.6 Å². The zero-order valence-corrected chi connectivity index (χ0v) is 20.4. The van der Waals surface area contributed by atoms with Gasteiger partial charge in [0.25, 0.3) is 0 Å². The van der Waals surface area contributed by atoms with Crippen molar-refractivity contribution in [3.63, 3.8) is 0 Å². The predicted molar refractivity (Wildman–Crippen MR) is 136 cm³/mol. The van der Waals surface area contributed by atoms with Gasteiger partial charge in [-0.15, -0.1) is 0 Å². The Kier molecular flexibility index (Phi) is 13.2. The SMILES string of the molecule is CCCCCCCCCCCC(C=CCCc1ccc(OC)cc1)c1ccc(Cl)cc1. The van der Waals surface area contributed by atoms with Gasteiger partial charge < -0.3 is 4.74 Å². The van der Waals surface area contributed by atoms with E-state index in [0.717, 1.165) is 23.6 Å². The quantitative estimate of drug-likeness (QED) is 0.186. The van der Waals surface area contributed by atoms with Crippen LogP contribution in [0.15, 0.2) is 60.7 Å². The molecule has 0 heterocycles. The number of halogens is 1. The third-order valence-corrected chi connectivity index (χ3v) is 6.30. The van der Waals surface area contributed by atoms with Crippen LogP contribution in [-0.4, -0.2) is 7.11 Å². The summed E-state index contributed by atoms with van der Waals surface area (Å²) in [5, 5.41) is 0.814. The van der Waals surface area contributed by atoms with Gasteiger partial charge in [-0.05, 0) is 54.7 Å². The molecule has 1 nitrogen and oxygen atoms in total. The van der Waals surface area contributed by atoms with Gasteiger partial charge >= 0.3 is 0 Å². The summed E-state index contributed by atoms with van der Waals surface area (Å²) in [5.74, 6) is 1.40. The maximum atomic E-state index is 6.11. The topological polar surface area (TPSA) is 9.23 Å². The van der Waals surface area contributed by atoms with E-state index >= 15 is 0 Å². The largest absolute Gasteiger partial charge is 0.497 e. The van der Waals surface area contributed by atoms with E-state index in [-0.39, 0.29) is 0 Å². The summed E-state index contributed by atoms with van der Waals surface area (Å²) in [4.78, 5) is 0. The summed E-state index contributed by atoms with van der Waals surface area (Å²) in [6.07, 6.45) is 20.5. The van der Waals surface area contributed by atoms with Crippen molar-refractivity contribution < 1.29 is 4.74 Å². The van der Waals surface area contributed by atoms with E-state index in [2.05, 4.69) is 43.3 Å². The van der Waals surface area contributed by atoms with Crippen LogP contribution in [0.5, 0.6) is 5.75 Å². The van der Waals surface area contributed by atoms with Crippen LogP contribution in [0.3, 0.4) is 0 Å². The molecule has 0 spiro atoms. The number of unbranched alkanes of at least 4 members (excludes halogenated alkanes) is 8. The minimum atomic E-state index is 0.484. The summed E-state index contributed by atoms with van der Waals surface area (Å²) >= 11 is 6.11. The van der Waals surface area contributed by atoms with Crippen molar-refractivity contribution in [2.24, 2.45) is 0 Å². The summed E-state index contributed by atoms with van der Waals surface area (Å²) < 4.78 is 5.24. The first-order valence-electron chi connectivity index (χ1n) is 12.3. The highest BCUT2D eigenvalue weighted by atomic mass is 35.5. The number of ether oxygens (including phenoxy) is 1. The molecule has 0 N–H and O–H groups in total. The molecule has 2 heteroatoms. The molecule has 0 aromatic heterocycles. The van der Waals surface area contributed by atoms with Crippen LogP contribution in [0.4, 0.5) is 0 Å². The molecule has 0 aliphatic heterocycles. The van der Waals surface area contributed by atoms with Crippen LogP contribution < -0.4 is 4.74 Å². The Morgan fingerprint density at radius 1 is 0.806 bits per heavy atom. The fourth-order valence-corrected chi connectivity index (χ4v) is 4.19. The van der Waals surface area contributed by atoms with Crippen molar-refractivity contribution in [3.8, 4) is 5.75 Å². The molecule has 170 valence electrons. The van der Waals surface area contributed by atoms with E-state index in [0.29, 0.717) is 5.92 Å². The molecule has 0 saturated heterocycles. The Balaban J connectivity index is 1.77. The fourth-order valence-electron chi connectivity index (χ4n) is 4.06. The molecule has 0 fully saturated rings. The van der Waals surface area contributed by atoms with Gasteiger partial charge in [-0.2, -0.15) is 0 Å². The Labute approximate surface area is 195 Å². The van der Waals surface area contributed by atoms with E-state index in [1.54, 1.807) is 7.11 Å². The molecule has 0 aliphatic rings. The molecule has 0 bridgehead atoms. The van der Waals surface area contributed by atoms with Crippen molar-refractivity contribution in [3.05, 3.63) is 76.8 Å². The number of methoxy groups -OCH3 is 1. The molecule has 2 rings (SSSR count). The normalized spacial score (nSPS) is 12.4. The molecular formula is C29H41ClO. The van der Waals surface area contributed by atoms with Crippen LogP contribution in [0.1, 0.15) is 94.6 Å². The number of rotatable bonds is 16. The van der Waals surface area contributed by atoms with Crippen molar-refractivity contribution in [1.29, 1.82) is 0 Å². The summed E-state index contributed by atoms with van der Waals surface area (Å²) in [6.45, 7) is 2.28. The van der Waals surface area contributed by atoms with Gasteiger partial charge in [0.15, 0.2) is 0 Å². The van der Waals surface area contributed by atoms with Crippen LogP contribution in [0.25, 0.3) is 0 Å². The van der Waals surface area contributed by atoms with E-state index in [1.165, 1.54) is 75.3 Å². The summed E-state index contributed by atoms with van der Waals surface area (Å²) in [7, 11) is 1.71. The zero-order chi connectivity index (χ0) is 22.2. The number of hydrogen-bond acceptors (Lipinski definition) is 1. The predicted octanol–water partition coefficient (Wildman–Crippen LogP) is 9.54. The molecular weight excluding hydrogens is 400 g/mol. The number of benzene rings is 2. The first kappa shape index (κ1) is 25.5. The lowest BCUT2D eigenvalue weighted by Crippen LogP contribution is -1.96. The van der Waals surface area contributed by atoms with Gasteiger partial charge in [0.1, 0.15) is 5.75 Å². The second kappa shape index (κ2) is 16.0. The van der Waals surface area contributed by atoms with Gasteiger partial charge in [-0.3, -0.25) is 0 Å². The molecule has 2 aromatic rings. The molecule has 0 saturated carbocycles. The Morgan fingerprint density at radius 3 is 2.03 bits per heavy atom. The van der Waals surface area contributed by atoms with Crippen LogP contribution in [0, 0.1) is 0 Å². The molecule has 1 unspecified atom stereocenters. The minimum absolute atomic E-state index is 0.484. The third kappa shape index (κ3) is 10.9. The van der Waals surface area contributed by atoms with E-state index in [9.17, 15) is 0 Å². The maximum absolute atomic E-state index is 6.11. The van der Waals surface area contributed by atoms with E-state index < -0.39 is 0 Å². The highest BCUT2D eigenvalue weighted by molar-refractivity contribution is 6.30. The average Bonchev–Trinajstić information content (AvgIpc) is 2.80. The lowest BCUT2D eigenvalue weighted by Gasteiger charge is -2.14. The Morgan fingerprint density at radius 2 is 1.42 bits per heavy atom. The summed E-state index contributed by atoms with van der Waals surface area (Å²) in [6, 6.07) is 16.8. The van der Waals surface area contributed by atoms with Gasteiger partial charge in [0.2, 0.25) is 0 Å². The first-order valence-corrected chi connectivity index (χ1v) is 12.7. The smallest absolute Gasteiger partial charge is 0.118 e. The number of allylic oxidation sites excluding steroid dienone is 2. The maximum Gasteiger partial charge on any atom is 0.118 e. The minimum Gasteiger partial charge on any atom is -0.497 e. The fraction of sp³-hybridized carbons (Fsp3) is 0.517. The first-order chi connectivity index (χ1) is 15.2. The lowest BCUT2D eigenvalue weighted by molar-refractivity contribution is 0.414. The van der Waals surface area contributed by atoms with Gasteiger partial charge in [-0.1, -0.05) is 113 Å². The van der Waals surface area contributed by atoms with Gasteiger partial charge in [0.05, 0.1) is 7.11 Å². The van der Waals surface area contributed by atoms with Crippen LogP contribution >= 0.6 is 11.6 Å². The number of aryl methyl sites for hydroxylation is 1. The zero-order valence-electron chi connectivity index (χ0n) is 19.6. The highest BCUT2D eigenvalue weighted by Gasteiger charge is 2.08. The van der Waals surface area contributed by atoms with Crippen molar-refractivity contribution in [2.75, 3.05) is 7.11 Å². The van der Waals surface area contributed by atoms with Gasteiger partial charge in [-0.25, -0.2) is 0 Å².